The number of fused-ring (bicyclic) bond motifs is 3. The molecule has 2 aliphatic rings. The molecular formula is C25H30BNO6. The van der Waals surface area contributed by atoms with Crippen molar-refractivity contribution >= 4 is 19.2 Å². The average Bonchev–Trinajstić information content (AvgIpc) is 3.19. The number of amides is 1. The second-order valence-corrected chi connectivity index (χ2v) is 9.69. The number of ether oxygens (including phenoxy) is 1. The minimum atomic E-state index is -0.982. The predicted molar refractivity (Wildman–Crippen MR) is 125 cm³/mol. The first-order valence-electron chi connectivity index (χ1n) is 11.3. The smallest absolute Gasteiger partial charge is 0.463 e. The van der Waals surface area contributed by atoms with Gasteiger partial charge < -0.3 is 24.5 Å². The zero-order valence-electron chi connectivity index (χ0n) is 19.5. The summed E-state index contributed by atoms with van der Waals surface area (Å²) in [5.74, 6) is -1.57. The summed E-state index contributed by atoms with van der Waals surface area (Å²) in [4.78, 5) is 23.9. The molecular weight excluding hydrogens is 421 g/mol. The molecule has 0 aromatic heterocycles. The van der Waals surface area contributed by atoms with Crippen molar-refractivity contribution in [1.29, 1.82) is 0 Å². The standard InChI is InChI=1S/C25H30BNO6/c1-24(2)25(3,4)33-26(32-24)16(13-22(28)29)14-27-23(30)31-15-21-19-11-7-5-9-17(19)18-10-6-8-12-20(18)21/h5-12,16,21H,13-15H2,1-4H3,(H,27,30)(H,28,29). The van der Waals surface area contributed by atoms with Crippen molar-refractivity contribution in [3.8, 4) is 11.1 Å². The highest BCUT2D eigenvalue weighted by Crippen LogP contribution is 2.44. The van der Waals surface area contributed by atoms with E-state index in [-0.39, 0.29) is 25.5 Å². The van der Waals surface area contributed by atoms with Crippen molar-refractivity contribution in [2.45, 2.75) is 57.1 Å². The highest BCUT2D eigenvalue weighted by molar-refractivity contribution is 6.48. The van der Waals surface area contributed by atoms with Gasteiger partial charge in [0.1, 0.15) is 6.61 Å². The Balaban J connectivity index is 1.38. The van der Waals surface area contributed by atoms with Gasteiger partial charge in [-0.1, -0.05) is 48.5 Å². The summed E-state index contributed by atoms with van der Waals surface area (Å²) in [6, 6.07) is 16.3. The average molecular weight is 451 g/mol. The van der Waals surface area contributed by atoms with Gasteiger partial charge in [0.15, 0.2) is 0 Å². The Morgan fingerprint density at radius 2 is 1.52 bits per heavy atom. The summed E-state index contributed by atoms with van der Waals surface area (Å²) in [5.41, 5.74) is 3.41. The number of rotatable bonds is 7. The molecule has 0 bridgehead atoms. The molecule has 1 saturated heterocycles. The van der Waals surface area contributed by atoms with Crippen molar-refractivity contribution in [2.24, 2.45) is 0 Å². The minimum absolute atomic E-state index is 0.0407. The lowest BCUT2D eigenvalue weighted by molar-refractivity contribution is -0.137. The van der Waals surface area contributed by atoms with Crippen molar-refractivity contribution in [3.05, 3.63) is 59.7 Å². The lowest BCUT2D eigenvalue weighted by atomic mass is 9.70. The number of carboxylic acids is 1. The van der Waals surface area contributed by atoms with Gasteiger partial charge in [0.25, 0.3) is 0 Å². The number of aliphatic carboxylic acids is 1. The van der Waals surface area contributed by atoms with Crippen molar-refractivity contribution in [1.82, 2.24) is 5.32 Å². The summed E-state index contributed by atoms with van der Waals surface area (Å²) in [6.45, 7) is 7.89. The van der Waals surface area contributed by atoms with Crippen molar-refractivity contribution in [3.63, 3.8) is 0 Å². The van der Waals surface area contributed by atoms with E-state index in [0.717, 1.165) is 22.3 Å². The Morgan fingerprint density at radius 1 is 1.00 bits per heavy atom. The Hall–Kier alpha value is -2.84. The summed E-state index contributed by atoms with van der Waals surface area (Å²) >= 11 is 0. The summed E-state index contributed by atoms with van der Waals surface area (Å²) in [6.07, 6.45) is -0.788. The van der Waals surface area contributed by atoms with Crippen LogP contribution in [0.4, 0.5) is 4.79 Å². The molecule has 2 N–H and O–H groups in total. The van der Waals surface area contributed by atoms with Gasteiger partial charge in [0.05, 0.1) is 11.2 Å². The SMILES string of the molecule is CC1(C)OB(C(CNC(=O)OCC2c3ccccc3-c3ccccc32)CC(=O)O)OC1(C)C. The fourth-order valence-electron chi connectivity index (χ4n) is 4.43. The zero-order valence-corrected chi connectivity index (χ0v) is 19.5. The van der Waals surface area contributed by atoms with Crippen LogP contribution in [0.5, 0.6) is 0 Å². The van der Waals surface area contributed by atoms with Crippen LogP contribution in [0.1, 0.15) is 51.2 Å². The summed E-state index contributed by atoms with van der Waals surface area (Å²) < 4.78 is 17.6. The Labute approximate surface area is 194 Å². The van der Waals surface area contributed by atoms with E-state index in [1.165, 1.54) is 0 Å². The molecule has 4 rings (SSSR count). The third kappa shape index (κ3) is 4.63. The number of benzene rings is 2. The number of alkyl carbamates (subject to hydrolysis) is 1. The van der Waals surface area contributed by atoms with E-state index < -0.39 is 36.2 Å². The van der Waals surface area contributed by atoms with E-state index >= 15 is 0 Å². The fraction of sp³-hybridized carbons (Fsp3) is 0.440. The molecule has 7 nitrogen and oxygen atoms in total. The van der Waals surface area contributed by atoms with Crippen LogP contribution in [0.3, 0.4) is 0 Å². The zero-order chi connectivity index (χ0) is 23.8. The van der Waals surface area contributed by atoms with Crippen LogP contribution >= 0.6 is 0 Å². The molecule has 1 atom stereocenters. The van der Waals surface area contributed by atoms with Gasteiger partial charge in [-0.05, 0) is 49.9 Å². The Bertz CT molecular complexity index is 991. The maximum absolute atomic E-state index is 12.5. The van der Waals surface area contributed by atoms with Crippen LogP contribution in [0.2, 0.25) is 5.82 Å². The van der Waals surface area contributed by atoms with E-state index in [1.54, 1.807) is 0 Å². The molecule has 2 aromatic rings. The quantitative estimate of drug-likeness (QED) is 0.604. The van der Waals surface area contributed by atoms with Gasteiger partial charge in [0.2, 0.25) is 0 Å². The lowest BCUT2D eigenvalue weighted by Gasteiger charge is -2.32. The van der Waals surface area contributed by atoms with Crippen molar-refractivity contribution < 1.29 is 28.7 Å². The number of carboxylic acid groups (broad SMARTS) is 1. The molecule has 174 valence electrons. The highest BCUT2D eigenvalue weighted by Gasteiger charge is 2.54. The molecule has 0 radical (unpaired) electrons. The first-order chi connectivity index (χ1) is 15.6. The molecule has 0 saturated carbocycles. The number of carbonyl (C=O) groups is 2. The maximum Gasteiger partial charge on any atom is 0.463 e. The molecule has 33 heavy (non-hydrogen) atoms. The number of carbonyl (C=O) groups excluding carboxylic acids is 1. The van der Waals surface area contributed by atoms with Crippen LogP contribution < -0.4 is 5.32 Å². The van der Waals surface area contributed by atoms with Crippen LogP contribution in [0.25, 0.3) is 11.1 Å². The first kappa shape index (κ1) is 23.3. The second-order valence-electron chi connectivity index (χ2n) is 9.69. The fourth-order valence-corrected chi connectivity index (χ4v) is 4.43. The van der Waals surface area contributed by atoms with E-state index in [2.05, 4.69) is 29.6 Å². The maximum atomic E-state index is 12.5. The number of nitrogens with one attached hydrogen (secondary N) is 1. The largest absolute Gasteiger partial charge is 0.481 e. The van der Waals surface area contributed by atoms with E-state index in [0.29, 0.717) is 0 Å². The van der Waals surface area contributed by atoms with Gasteiger partial charge in [-0.2, -0.15) is 0 Å². The van der Waals surface area contributed by atoms with E-state index in [4.69, 9.17) is 14.0 Å². The third-order valence-electron chi connectivity index (χ3n) is 6.95. The monoisotopic (exact) mass is 451 g/mol. The highest BCUT2D eigenvalue weighted by atomic mass is 16.7. The molecule has 1 fully saturated rings. The first-order valence-corrected chi connectivity index (χ1v) is 11.3. The van der Waals surface area contributed by atoms with Crippen LogP contribution in [-0.4, -0.2) is 48.6 Å². The van der Waals surface area contributed by atoms with Crippen LogP contribution in [-0.2, 0) is 18.8 Å². The van der Waals surface area contributed by atoms with E-state index in [9.17, 15) is 14.7 Å². The van der Waals surface area contributed by atoms with Gasteiger partial charge in [-0.15, -0.1) is 0 Å². The van der Waals surface area contributed by atoms with Gasteiger partial charge >= 0.3 is 19.2 Å². The third-order valence-corrected chi connectivity index (χ3v) is 6.95. The Kier molecular flexibility index (Phi) is 6.25. The number of hydrogen-bond acceptors (Lipinski definition) is 5. The molecule has 1 heterocycles. The second kappa shape index (κ2) is 8.84. The molecule has 1 aliphatic carbocycles. The van der Waals surface area contributed by atoms with E-state index in [1.807, 2.05) is 52.0 Å². The van der Waals surface area contributed by atoms with Gasteiger partial charge in [-0.25, -0.2) is 4.79 Å². The molecule has 1 unspecified atom stereocenters. The Morgan fingerprint density at radius 3 is 2.03 bits per heavy atom. The minimum Gasteiger partial charge on any atom is -0.481 e. The summed E-state index contributed by atoms with van der Waals surface area (Å²) in [7, 11) is -0.736. The van der Waals surface area contributed by atoms with Crippen LogP contribution in [0, 0.1) is 0 Å². The topological polar surface area (TPSA) is 94.1 Å². The number of hydrogen-bond donors (Lipinski definition) is 2. The molecule has 2 aromatic carbocycles. The normalized spacial score (nSPS) is 19.0. The lowest BCUT2D eigenvalue weighted by Crippen LogP contribution is -2.41. The molecule has 1 aliphatic heterocycles. The van der Waals surface area contributed by atoms with Crippen molar-refractivity contribution in [2.75, 3.05) is 13.2 Å². The molecule has 1 amide bonds. The molecule has 0 spiro atoms. The summed E-state index contributed by atoms with van der Waals surface area (Å²) in [5, 5.41) is 12.1. The van der Waals surface area contributed by atoms with Crippen LogP contribution in [0.15, 0.2) is 48.5 Å². The molecule has 8 heteroatoms. The van der Waals surface area contributed by atoms with Gasteiger partial charge in [0, 0.05) is 24.7 Å². The van der Waals surface area contributed by atoms with Gasteiger partial charge in [-0.3, -0.25) is 4.79 Å². The predicted octanol–water partition coefficient (Wildman–Crippen LogP) is 4.46.